The maximum atomic E-state index is 13.6. The Morgan fingerprint density at radius 3 is 2.61 bits per heavy atom. The first kappa shape index (κ1) is 15.7. The normalized spacial score (nSPS) is 20.7. The molecule has 0 unspecified atom stereocenters. The number of benzene rings is 1. The van der Waals surface area contributed by atoms with Crippen LogP contribution in [0.15, 0.2) is 23.1 Å². The molecule has 0 amide bonds. The monoisotopic (exact) mass is 314 g/mol. The van der Waals surface area contributed by atoms with Crippen molar-refractivity contribution in [2.45, 2.75) is 17.4 Å². The van der Waals surface area contributed by atoms with Crippen LogP contribution in [-0.4, -0.2) is 31.9 Å². The fourth-order valence-electron chi connectivity index (χ4n) is 1.83. The van der Waals surface area contributed by atoms with Crippen molar-refractivity contribution in [1.29, 1.82) is 0 Å². The number of halogens is 3. The maximum Gasteiger partial charge on any atom is 0.247 e. The van der Waals surface area contributed by atoms with Crippen LogP contribution in [0.1, 0.15) is 6.42 Å². The molecule has 18 heavy (non-hydrogen) atoms. The quantitative estimate of drug-likeness (QED) is 0.902. The average Bonchev–Trinajstić information content (AvgIpc) is 2.64. The van der Waals surface area contributed by atoms with Crippen molar-refractivity contribution >= 4 is 34.0 Å². The second-order valence-electron chi connectivity index (χ2n) is 3.96. The van der Waals surface area contributed by atoms with E-state index in [1.807, 2.05) is 0 Å². The summed E-state index contributed by atoms with van der Waals surface area (Å²) in [5.74, 6) is -0.835. The molecule has 2 rings (SSSR count). The van der Waals surface area contributed by atoms with Crippen molar-refractivity contribution in [1.82, 2.24) is 4.31 Å². The first-order chi connectivity index (χ1) is 7.93. The molecule has 0 aliphatic carbocycles. The molecule has 1 aliphatic heterocycles. The molecule has 0 radical (unpaired) electrons. The van der Waals surface area contributed by atoms with Gasteiger partial charge in [-0.1, -0.05) is 17.7 Å². The average molecular weight is 315 g/mol. The molecule has 0 spiro atoms. The van der Waals surface area contributed by atoms with Gasteiger partial charge in [-0.2, -0.15) is 4.31 Å². The number of nitrogens with two attached hydrogens (primary N) is 1. The molecule has 1 fully saturated rings. The third-order valence-corrected chi connectivity index (χ3v) is 5.07. The van der Waals surface area contributed by atoms with E-state index in [9.17, 15) is 12.8 Å². The molecule has 1 saturated heterocycles. The molecule has 1 aliphatic rings. The lowest BCUT2D eigenvalue weighted by Crippen LogP contribution is -2.32. The minimum absolute atomic E-state index is 0. The maximum absolute atomic E-state index is 13.6. The molecule has 1 heterocycles. The lowest BCUT2D eigenvalue weighted by Gasteiger charge is -2.17. The second kappa shape index (κ2) is 5.71. The Labute approximate surface area is 116 Å². The fraction of sp³-hybridized carbons (Fsp3) is 0.400. The third-order valence-electron chi connectivity index (χ3n) is 2.70. The fourth-order valence-corrected chi connectivity index (χ4v) is 3.91. The molecule has 102 valence electrons. The molecule has 1 aromatic rings. The van der Waals surface area contributed by atoms with Gasteiger partial charge in [-0.25, -0.2) is 12.8 Å². The SMILES string of the molecule is Cl.N[C@@H]1CCN(S(=O)(=O)c2c(F)cccc2Cl)C1. The lowest BCUT2D eigenvalue weighted by atomic mass is 10.3. The largest absolute Gasteiger partial charge is 0.326 e. The molecular formula is C10H13Cl2FN2O2S. The zero-order chi connectivity index (χ0) is 12.6. The molecule has 0 aromatic heterocycles. The van der Waals surface area contributed by atoms with Gasteiger partial charge in [0, 0.05) is 19.1 Å². The van der Waals surface area contributed by atoms with E-state index in [1.54, 1.807) is 0 Å². The zero-order valence-electron chi connectivity index (χ0n) is 9.34. The van der Waals surface area contributed by atoms with Crippen LogP contribution < -0.4 is 5.73 Å². The van der Waals surface area contributed by atoms with Gasteiger partial charge in [0.25, 0.3) is 0 Å². The highest BCUT2D eigenvalue weighted by Crippen LogP contribution is 2.28. The predicted octanol–water partition coefficient (Wildman–Crippen LogP) is 1.62. The van der Waals surface area contributed by atoms with Gasteiger partial charge in [0.15, 0.2) is 0 Å². The van der Waals surface area contributed by atoms with E-state index in [0.29, 0.717) is 13.0 Å². The number of sulfonamides is 1. The molecule has 1 aromatic carbocycles. The van der Waals surface area contributed by atoms with Crippen molar-refractivity contribution in [2.75, 3.05) is 13.1 Å². The van der Waals surface area contributed by atoms with E-state index in [1.165, 1.54) is 16.4 Å². The Morgan fingerprint density at radius 1 is 1.44 bits per heavy atom. The summed E-state index contributed by atoms with van der Waals surface area (Å²) >= 11 is 5.75. The second-order valence-corrected chi connectivity index (χ2v) is 6.24. The van der Waals surface area contributed by atoms with Crippen LogP contribution in [0, 0.1) is 5.82 Å². The van der Waals surface area contributed by atoms with Crippen LogP contribution >= 0.6 is 24.0 Å². The van der Waals surface area contributed by atoms with Crippen LogP contribution in [0.3, 0.4) is 0 Å². The highest BCUT2D eigenvalue weighted by molar-refractivity contribution is 7.89. The summed E-state index contributed by atoms with van der Waals surface area (Å²) in [6.45, 7) is 0.501. The Morgan fingerprint density at radius 2 is 2.11 bits per heavy atom. The first-order valence-electron chi connectivity index (χ1n) is 5.12. The summed E-state index contributed by atoms with van der Waals surface area (Å²) in [6.07, 6.45) is 0.575. The Balaban J connectivity index is 0.00000162. The summed E-state index contributed by atoms with van der Waals surface area (Å²) < 4.78 is 39.1. The van der Waals surface area contributed by atoms with E-state index < -0.39 is 20.7 Å². The van der Waals surface area contributed by atoms with Crippen molar-refractivity contribution in [3.05, 3.63) is 29.0 Å². The van der Waals surface area contributed by atoms with E-state index in [2.05, 4.69) is 0 Å². The lowest BCUT2D eigenvalue weighted by molar-refractivity contribution is 0.465. The van der Waals surface area contributed by atoms with Gasteiger partial charge in [0.05, 0.1) is 5.02 Å². The van der Waals surface area contributed by atoms with E-state index in [0.717, 1.165) is 6.07 Å². The Hall–Kier alpha value is -0.400. The summed E-state index contributed by atoms with van der Waals surface area (Å²) in [7, 11) is -3.89. The van der Waals surface area contributed by atoms with Crippen molar-refractivity contribution in [3.63, 3.8) is 0 Å². The number of rotatable bonds is 2. The Kier molecular flexibility index (Phi) is 4.97. The van der Waals surface area contributed by atoms with Gasteiger partial charge in [0.1, 0.15) is 10.7 Å². The molecular weight excluding hydrogens is 302 g/mol. The molecule has 2 N–H and O–H groups in total. The van der Waals surface area contributed by atoms with Crippen LogP contribution in [-0.2, 0) is 10.0 Å². The minimum Gasteiger partial charge on any atom is -0.326 e. The van der Waals surface area contributed by atoms with Gasteiger partial charge in [-0.05, 0) is 18.6 Å². The first-order valence-corrected chi connectivity index (χ1v) is 6.94. The number of hydrogen-bond donors (Lipinski definition) is 1. The topological polar surface area (TPSA) is 63.4 Å². The number of hydrogen-bond acceptors (Lipinski definition) is 3. The summed E-state index contributed by atoms with van der Waals surface area (Å²) in [4.78, 5) is -0.462. The molecule has 8 heteroatoms. The van der Waals surface area contributed by atoms with E-state index in [-0.39, 0.29) is 30.0 Å². The van der Waals surface area contributed by atoms with Crippen LogP contribution in [0.2, 0.25) is 5.02 Å². The molecule has 0 bridgehead atoms. The predicted molar refractivity (Wildman–Crippen MR) is 70.0 cm³/mol. The minimum atomic E-state index is -3.89. The van der Waals surface area contributed by atoms with Crippen LogP contribution in [0.5, 0.6) is 0 Å². The van der Waals surface area contributed by atoms with Crippen LogP contribution in [0.4, 0.5) is 4.39 Å². The van der Waals surface area contributed by atoms with Gasteiger partial charge in [0.2, 0.25) is 10.0 Å². The summed E-state index contributed by atoms with van der Waals surface area (Å²) in [6, 6.07) is 3.60. The van der Waals surface area contributed by atoms with Gasteiger partial charge < -0.3 is 5.73 Å². The zero-order valence-corrected chi connectivity index (χ0v) is 11.7. The number of nitrogens with zero attached hydrogens (tertiary/aromatic N) is 1. The molecule has 0 saturated carbocycles. The standard InChI is InChI=1S/C10H12ClFN2O2S.ClH/c11-8-2-1-3-9(12)10(8)17(15,16)14-5-4-7(13)6-14;/h1-3,7H,4-6,13H2;1H/t7-;/m1./s1. The van der Waals surface area contributed by atoms with Crippen molar-refractivity contribution in [2.24, 2.45) is 5.73 Å². The van der Waals surface area contributed by atoms with Crippen molar-refractivity contribution < 1.29 is 12.8 Å². The summed E-state index contributed by atoms with van der Waals surface area (Å²) in [5.41, 5.74) is 5.64. The highest BCUT2D eigenvalue weighted by atomic mass is 35.5. The van der Waals surface area contributed by atoms with Gasteiger partial charge >= 0.3 is 0 Å². The van der Waals surface area contributed by atoms with Crippen LogP contribution in [0.25, 0.3) is 0 Å². The van der Waals surface area contributed by atoms with Gasteiger partial charge in [-0.3, -0.25) is 0 Å². The third kappa shape index (κ3) is 2.78. The molecule has 1 atom stereocenters. The highest BCUT2D eigenvalue weighted by Gasteiger charge is 2.34. The van der Waals surface area contributed by atoms with Gasteiger partial charge in [-0.15, -0.1) is 12.4 Å². The molecule has 4 nitrogen and oxygen atoms in total. The smallest absolute Gasteiger partial charge is 0.247 e. The van der Waals surface area contributed by atoms with Crippen molar-refractivity contribution in [3.8, 4) is 0 Å². The van der Waals surface area contributed by atoms with E-state index >= 15 is 0 Å². The summed E-state index contributed by atoms with van der Waals surface area (Å²) in [5, 5.41) is -0.106. The Bertz CT molecular complexity index is 518. The van der Waals surface area contributed by atoms with E-state index in [4.69, 9.17) is 17.3 Å².